The molecule has 0 unspecified atom stereocenters. The summed E-state index contributed by atoms with van der Waals surface area (Å²) in [6, 6.07) is 6.84. The summed E-state index contributed by atoms with van der Waals surface area (Å²) in [6.07, 6.45) is 6.13. The zero-order valence-electron chi connectivity index (χ0n) is 17.0. The first-order chi connectivity index (χ1) is 14.2. The lowest BCUT2D eigenvalue weighted by atomic mass is 10.2. The molecule has 0 bridgehead atoms. The van der Waals surface area contributed by atoms with Crippen LogP contribution in [0.2, 0.25) is 0 Å². The van der Waals surface area contributed by atoms with E-state index < -0.39 is 0 Å². The zero-order valence-corrected chi connectivity index (χ0v) is 17.0. The maximum absolute atomic E-state index is 5.67. The second-order valence-electron chi connectivity index (χ2n) is 7.93. The van der Waals surface area contributed by atoms with Crippen LogP contribution < -0.4 is 19.9 Å². The molecule has 2 fully saturated rings. The van der Waals surface area contributed by atoms with Crippen molar-refractivity contribution in [1.29, 1.82) is 0 Å². The summed E-state index contributed by atoms with van der Waals surface area (Å²) >= 11 is 0. The van der Waals surface area contributed by atoms with Crippen molar-refractivity contribution in [3.63, 3.8) is 0 Å². The number of hydrogen-bond donors (Lipinski definition) is 1. The Kier molecular flexibility index (Phi) is 4.71. The zero-order chi connectivity index (χ0) is 19.8. The number of aromatic nitrogens is 2. The number of anilines is 4. The molecule has 0 spiro atoms. The molecule has 1 N–H and O–H groups in total. The first-order valence-corrected chi connectivity index (χ1v) is 10.2. The lowest BCUT2D eigenvalue weighted by Crippen LogP contribution is -2.44. The molecule has 2 aliphatic heterocycles. The van der Waals surface area contributed by atoms with Gasteiger partial charge >= 0.3 is 0 Å². The Morgan fingerprint density at radius 3 is 2.72 bits per heavy atom. The average Bonchev–Trinajstić information content (AvgIpc) is 3.59. The van der Waals surface area contributed by atoms with Gasteiger partial charge < -0.3 is 24.8 Å². The van der Waals surface area contributed by atoms with E-state index in [-0.39, 0.29) is 0 Å². The number of fused-ring (bicyclic) bond motifs is 1. The predicted octanol–water partition coefficient (Wildman–Crippen LogP) is 2.34. The van der Waals surface area contributed by atoms with Gasteiger partial charge in [0.25, 0.3) is 0 Å². The Balaban J connectivity index is 1.37. The van der Waals surface area contributed by atoms with Crippen LogP contribution in [0.4, 0.5) is 23.1 Å². The molecule has 0 amide bonds. The molecule has 2 aromatic rings. The van der Waals surface area contributed by atoms with Crippen LogP contribution in [-0.2, 0) is 0 Å². The van der Waals surface area contributed by atoms with Gasteiger partial charge in [-0.05, 0) is 32.0 Å². The van der Waals surface area contributed by atoms with Gasteiger partial charge in [0.15, 0.2) is 0 Å². The fourth-order valence-electron chi connectivity index (χ4n) is 3.90. The van der Waals surface area contributed by atoms with Gasteiger partial charge in [0.2, 0.25) is 5.95 Å². The van der Waals surface area contributed by atoms with E-state index >= 15 is 0 Å². The third kappa shape index (κ3) is 3.72. The maximum Gasteiger partial charge on any atom is 0.229 e. The van der Waals surface area contributed by atoms with Crippen LogP contribution >= 0.6 is 0 Å². The van der Waals surface area contributed by atoms with Crippen LogP contribution in [0.1, 0.15) is 18.4 Å². The number of benzene rings is 1. The second kappa shape index (κ2) is 7.51. The normalized spacial score (nSPS) is 19.2. The summed E-state index contributed by atoms with van der Waals surface area (Å²) in [5.74, 6) is 2.34. The van der Waals surface area contributed by atoms with E-state index in [9.17, 15) is 0 Å². The molecule has 1 saturated carbocycles. The molecule has 1 saturated heterocycles. The number of hydrogen-bond acceptors (Lipinski definition) is 8. The predicted molar refractivity (Wildman–Crippen MR) is 116 cm³/mol. The van der Waals surface area contributed by atoms with Crippen LogP contribution in [0, 0.1) is 0 Å². The number of methoxy groups -OCH3 is 1. The Morgan fingerprint density at radius 1 is 1.14 bits per heavy atom. The fourth-order valence-corrected chi connectivity index (χ4v) is 3.90. The highest BCUT2D eigenvalue weighted by atomic mass is 16.5. The van der Waals surface area contributed by atoms with Crippen molar-refractivity contribution in [3.05, 3.63) is 30.0 Å². The molecule has 8 heteroatoms. The lowest BCUT2D eigenvalue weighted by molar-refractivity contribution is 0.312. The van der Waals surface area contributed by atoms with Crippen LogP contribution in [0.15, 0.2) is 29.4 Å². The van der Waals surface area contributed by atoms with Gasteiger partial charge in [-0.15, -0.1) is 0 Å². The topological polar surface area (TPSA) is 69.1 Å². The minimum atomic E-state index is 0.561. The summed E-state index contributed by atoms with van der Waals surface area (Å²) in [6.45, 7) is 4.88. The molecule has 8 nitrogen and oxygen atoms in total. The third-order valence-corrected chi connectivity index (χ3v) is 5.82. The third-order valence-electron chi connectivity index (χ3n) is 5.82. The number of nitrogens with zero attached hydrogens (tertiary/aromatic N) is 6. The van der Waals surface area contributed by atoms with E-state index in [1.807, 2.05) is 12.4 Å². The number of piperazine rings is 1. The molecular weight excluding hydrogens is 366 g/mol. The van der Waals surface area contributed by atoms with Crippen LogP contribution in [0.3, 0.4) is 0 Å². The van der Waals surface area contributed by atoms with E-state index in [1.54, 1.807) is 7.11 Å². The highest BCUT2D eigenvalue weighted by Gasteiger charge is 2.32. The molecule has 152 valence electrons. The van der Waals surface area contributed by atoms with Crippen molar-refractivity contribution < 1.29 is 4.74 Å². The summed E-state index contributed by atoms with van der Waals surface area (Å²) in [5.41, 5.74) is 3.03. The second-order valence-corrected chi connectivity index (χ2v) is 7.93. The number of rotatable bonds is 5. The SMILES string of the molecule is COc1cc(N2CCN(C)CC2)ccc1Nc1ncc2c(n1)N(C1CC1)CN=C2. The van der Waals surface area contributed by atoms with Gasteiger partial charge in [-0.2, -0.15) is 4.98 Å². The highest BCUT2D eigenvalue weighted by molar-refractivity contribution is 5.88. The number of aliphatic imine (C=N–C) groups is 1. The van der Waals surface area contributed by atoms with E-state index in [1.165, 1.54) is 18.5 Å². The lowest BCUT2D eigenvalue weighted by Gasteiger charge is -2.34. The molecule has 5 rings (SSSR count). The minimum Gasteiger partial charge on any atom is -0.494 e. The molecule has 1 aromatic heterocycles. The van der Waals surface area contributed by atoms with Crippen molar-refractivity contribution >= 4 is 29.4 Å². The Labute approximate surface area is 171 Å². The quantitative estimate of drug-likeness (QED) is 0.836. The number of nitrogens with one attached hydrogen (secondary N) is 1. The van der Waals surface area contributed by atoms with Crippen molar-refractivity contribution in [2.24, 2.45) is 4.99 Å². The van der Waals surface area contributed by atoms with Gasteiger partial charge in [0, 0.05) is 56.4 Å². The number of likely N-dealkylation sites (N-methyl/N-ethyl adjacent to an activating group) is 1. The van der Waals surface area contributed by atoms with Gasteiger partial charge in [-0.3, -0.25) is 4.99 Å². The Bertz CT molecular complexity index is 919. The van der Waals surface area contributed by atoms with E-state index in [0.29, 0.717) is 18.7 Å². The van der Waals surface area contributed by atoms with Crippen molar-refractivity contribution in [2.75, 3.05) is 62.1 Å². The first-order valence-electron chi connectivity index (χ1n) is 10.2. The number of ether oxygens (including phenoxy) is 1. The fraction of sp³-hybridized carbons (Fsp3) is 0.476. The largest absolute Gasteiger partial charge is 0.494 e. The monoisotopic (exact) mass is 393 g/mol. The van der Waals surface area contributed by atoms with E-state index in [0.717, 1.165) is 49.0 Å². The summed E-state index contributed by atoms with van der Waals surface area (Å²) in [7, 11) is 3.87. The molecule has 3 heterocycles. The average molecular weight is 393 g/mol. The Hall–Kier alpha value is -2.87. The molecule has 29 heavy (non-hydrogen) atoms. The van der Waals surface area contributed by atoms with E-state index in [4.69, 9.17) is 9.72 Å². The standard InChI is InChI=1S/C21H27N7O/c1-26-7-9-27(10-8-26)17-5-6-18(19(11-17)29-2)24-21-23-13-15-12-22-14-28(16-3-4-16)20(15)25-21/h5-6,11-13,16H,3-4,7-10,14H2,1-2H3,(H,23,24,25). The smallest absolute Gasteiger partial charge is 0.229 e. The molecule has 3 aliphatic rings. The van der Waals surface area contributed by atoms with Crippen molar-refractivity contribution in [2.45, 2.75) is 18.9 Å². The van der Waals surface area contributed by atoms with Crippen LogP contribution in [0.25, 0.3) is 0 Å². The maximum atomic E-state index is 5.67. The molecule has 0 atom stereocenters. The van der Waals surface area contributed by atoms with Gasteiger partial charge in [0.1, 0.15) is 18.2 Å². The molecule has 0 radical (unpaired) electrons. The van der Waals surface area contributed by atoms with Crippen LogP contribution in [-0.4, -0.2) is 74.1 Å². The first kappa shape index (κ1) is 18.2. The molecule has 1 aliphatic carbocycles. The van der Waals surface area contributed by atoms with Crippen molar-refractivity contribution in [1.82, 2.24) is 14.9 Å². The van der Waals surface area contributed by atoms with Gasteiger partial charge in [-0.1, -0.05) is 0 Å². The summed E-state index contributed by atoms with van der Waals surface area (Å²) in [4.78, 5) is 20.7. The summed E-state index contributed by atoms with van der Waals surface area (Å²) < 4.78 is 5.67. The highest BCUT2D eigenvalue weighted by Crippen LogP contribution is 2.35. The van der Waals surface area contributed by atoms with Crippen molar-refractivity contribution in [3.8, 4) is 5.75 Å². The van der Waals surface area contributed by atoms with Gasteiger partial charge in [-0.25, -0.2) is 4.98 Å². The van der Waals surface area contributed by atoms with E-state index in [2.05, 4.69) is 55.2 Å². The molecular formula is C21H27N7O. The Morgan fingerprint density at radius 2 is 1.97 bits per heavy atom. The van der Waals surface area contributed by atoms with Crippen LogP contribution in [0.5, 0.6) is 5.75 Å². The molecule has 1 aromatic carbocycles. The summed E-state index contributed by atoms with van der Waals surface area (Å²) in [5, 5.41) is 3.35. The minimum absolute atomic E-state index is 0.561. The van der Waals surface area contributed by atoms with Gasteiger partial charge in [0.05, 0.1) is 18.4 Å².